The minimum Gasteiger partial charge on any atom is -0.358 e. The van der Waals surface area contributed by atoms with Gasteiger partial charge in [0.15, 0.2) is 16.6 Å². The van der Waals surface area contributed by atoms with Gasteiger partial charge >= 0.3 is 0 Å². The summed E-state index contributed by atoms with van der Waals surface area (Å²) in [6.45, 7) is 0.179. The van der Waals surface area contributed by atoms with Gasteiger partial charge in [0.25, 0.3) is 0 Å². The highest BCUT2D eigenvalue weighted by Crippen LogP contribution is 2.27. The number of nitrogens with zero attached hydrogens (tertiary/aromatic N) is 2. The fourth-order valence-electron chi connectivity index (χ4n) is 0.900. The van der Waals surface area contributed by atoms with Crippen LogP contribution in [0.1, 0.15) is 9.67 Å². The fraction of sp³-hybridized carbons (Fsp3) is 0.375. The van der Waals surface area contributed by atoms with E-state index in [-0.39, 0.29) is 17.6 Å². The summed E-state index contributed by atoms with van der Waals surface area (Å²) >= 11 is 6.86. The number of aldehydes is 1. The number of aromatic nitrogens is 1. The van der Waals surface area contributed by atoms with Crippen molar-refractivity contribution in [2.75, 3.05) is 25.5 Å². The Kier molecular flexibility index (Phi) is 4.05. The monoisotopic (exact) mass is 247 g/mol. The Bertz CT molecular complexity index is 380. The molecule has 1 rings (SSSR count). The standard InChI is InChI=1S/C8H10ClN3O2S/c1-10-6(14)3-12(2)8-11-7(9)5(4-13)15-8/h4H,3H2,1-2H3,(H,10,14). The van der Waals surface area contributed by atoms with Gasteiger partial charge in [-0.3, -0.25) is 9.59 Å². The van der Waals surface area contributed by atoms with Crippen LogP contribution in [-0.4, -0.2) is 37.8 Å². The lowest BCUT2D eigenvalue weighted by molar-refractivity contribution is -0.119. The summed E-state index contributed by atoms with van der Waals surface area (Å²) in [4.78, 5) is 27.6. The van der Waals surface area contributed by atoms with E-state index >= 15 is 0 Å². The molecule has 0 atom stereocenters. The molecule has 7 heteroatoms. The van der Waals surface area contributed by atoms with Gasteiger partial charge in [-0.05, 0) is 0 Å². The third-order valence-electron chi connectivity index (χ3n) is 1.69. The molecular formula is C8H10ClN3O2S. The van der Waals surface area contributed by atoms with Gasteiger partial charge < -0.3 is 10.2 Å². The maximum atomic E-state index is 11.1. The molecule has 5 nitrogen and oxygen atoms in total. The highest BCUT2D eigenvalue weighted by molar-refractivity contribution is 7.17. The minimum absolute atomic E-state index is 0.128. The molecule has 0 bridgehead atoms. The molecule has 0 saturated carbocycles. The van der Waals surface area contributed by atoms with Crippen LogP contribution in [-0.2, 0) is 4.79 Å². The number of anilines is 1. The number of thiazole rings is 1. The Morgan fingerprint density at radius 1 is 1.73 bits per heavy atom. The molecule has 0 aliphatic carbocycles. The van der Waals surface area contributed by atoms with Crippen LogP contribution in [0.3, 0.4) is 0 Å². The van der Waals surface area contributed by atoms with Crippen LogP contribution >= 0.6 is 22.9 Å². The van der Waals surface area contributed by atoms with Crippen LogP contribution in [0, 0.1) is 0 Å². The van der Waals surface area contributed by atoms with E-state index in [1.54, 1.807) is 19.0 Å². The van der Waals surface area contributed by atoms with E-state index in [0.29, 0.717) is 16.3 Å². The van der Waals surface area contributed by atoms with E-state index in [1.807, 2.05) is 0 Å². The molecule has 0 aromatic carbocycles. The zero-order valence-corrected chi connectivity index (χ0v) is 9.85. The molecule has 0 radical (unpaired) electrons. The molecular weight excluding hydrogens is 238 g/mol. The topological polar surface area (TPSA) is 62.3 Å². The number of nitrogens with one attached hydrogen (secondary N) is 1. The Balaban J connectivity index is 2.77. The zero-order chi connectivity index (χ0) is 11.4. The fourth-order valence-corrected chi connectivity index (χ4v) is 1.92. The quantitative estimate of drug-likeness (QED) is 0.800. The van der Waals surface area contributed by atoms with Crippen molar-refractivity contribution in [2.24, 2.45) is 0 Å². The molecule has 82 valence electrons. The van der Waals surface area contributed by atoms with Crippen molar-refractivity contribution >= 4 is 40.3 Å². The predicted molar refractivity (Wildman–Crippen MR) is 59.8 cm³/mol. The average molecular weight is 248 g/mol. The second-order valence-electron chi connectivity index (χ2n) is 2.80. The maximum absolute atomic E-state index is 11.1. The number of hydrogen-bond donors (Lipinski definition) is 1. The molecule has 15 heavy (non-hydrogen) atoms. The van der Waals surface area contributed by atoms with Crippen LogP contribution in [0.25, 0.3) is 0 Å². The summed E-state index contributed by atoms with van der Waals surface area (Å²) in [5.41, 5.74) is 0. The predicted octanol–water partition coefficient (Wildman–Crippen LogP) is 0.791. The Morgan fingerprint density at radius 3 is 2.87 bits per heavy atom. The third-order valence-corrected chi connectivity index (χ3v) is 3.19. The first-order chi connectivity index (χ1) is 7.08. The highest BCUT2D eigenvalue weighted by atomic mass is 35.5. The van der Waals surface area contributed by atoms with E-state index in [1.165, 1.54) is 0 Å². The van der Waals surface area contributed by atoms with Crippen molar-refractivity contribution in [3.8, 4) is 0 Å². The normalized spacial score (nSPS) is 9.80. The van der Waals surface area contributed by atoms with Crippen LogP contribution in [0.5, 0.6) is 0 Å². The molecule has 0 fully saturated rings. The molecule has 0 unspecified atom stereocenters. The number of amides is 1. The summed E-state index contributed by atoms with van der Waals surface area (Å²) < 4.78 is 0. The van der Waals surface area contributed by atoms with Gasteiger partial charge in [-0.2, -0.15) is 0 Å². The van der Waals surface area contributed by atoms with Gasteiger partial charge in [0.1, 0.15) is 4.88 Å². The molecule has 0 aliphatic heterocycles. The average Bonchev–Trinajstić information content (AvgIpc) is 2.59. The second-order valence-corrected chi connectivity index (χ2v) is 4.17. The molecule has 1 aromatic heterocycles. The van der Waals surface area contributed by atoms with Gasteiger partial charge in [0, 0.05) is 14.1 Å². The summed E-state index contributed by atoms with van der Waals surface area (Å²) in [5.74, 6) is -0.128. The van der Waals surface area contributed by atoms with Crippen LogP contribution in [0.15, 0.2) is 0 Å². The molecule has 1 N–H and O–H groups in total. The van der Waals surface area contributed by atoms with Crippen LogP contribution in [0.2, 0.25) is 5.15 Å². The summed E-state index contributed by atoms with van der Waals surface area (Å²) in [6.07, 6.45) is 0.650. The molecule has 1 aromatic rings. The van der Waals surface area contributed by atoms with Gasteiger partial charge in [0.2, 0.25) is 5.91 Å². The smallest absolute Gasteiger partial charge is 0.239 e. The zero-order valence-electron chi connectivity index (χ0n) is 8.28. The van der Waals surface area contributed by atoms with Gasteiger partial charge in [-0.1, -0.05) is 22.9 Å². The van der Waals surface area contributed by atoms with E-state index in [0.717, 1.165) is 11.3 Å². The summed E-state index contributed by atoms with van der Waals surface area (Å²) in [6, 6.07) is 0. The lowest BCUT2D eigenvalue weighted by atomic mass is 10.5. The number of rotatable bonds is 4. The number of likely N-dealkylation sites (N-methyl/N-ethyl adjacent to an activating group) is 2. The first kappa shape index (κ1) is 11.9. The van der Waals surface area contributed by atoms with Gasteiger partial charge in [-0.15, -0.1) is 0 Å². The summed E-state index contributed by atoms with van der Waals surface area (Å²) in [5, 5.41) is 3.22. The van der Waals surface area contributed by atoms with Crippen LogP contribution < -0.4 is 10.2 Å². The van der Waals surface area contributed by atoms with Crippen LogP contribution in [0.4, 0.5) is 5.13 Å². The summed E-state index contributed by atoms with van der Waals surface area (Å²) in [7, 11) is 3.26. The Hall–Kier alpha value is -1.14. The molecule has 0 saturated heterocycles. The van der Waals surface area contributed by atoms with E-state index in [4.69, 9.17) is 11.6 Å². The number of carbonyl (C=O) groups is 2. The van der Waals surface area contributed by atoms with Crippen molar-refractivity contribution in [3.05, 3.63) is 10.0 Å². The molecule has 1 amide bonds. The van der Waals surface area contributed by atoms with Crippen molar-refractivity contribution in [3.63, 3.8) is 0 Å². The van der Waals surface area contributed by atoms with E-state index in [9.17, 15) is 9.59 Å². The van der Waals surface area contributed by atoms with E-state index in [2.05, 4.69) is 10.3 Å². The van der Waals surface area contributed by atoms with Crippen molar-refractivity contribution in [1.82, 2.24) is 10.3 Å². The Morgan fingerprint density at radius 2 is 2.40 bits per heavy atom. The molecule has 0 aliphatic rings. The first-order valence-corrected chi connectivity index (χ1v) is 5.31. The van der Waals surface area contributed by atoms with E-state index < -0.39 is 0 Å². The second kappa shape index (κ2) is 5.09. The maximum Gasteiger partial charge on any atom is 0.239 e. The third kappa shape index (κ3) is 2.90. The number of hydrogen-bond acceptors (Lipinski definition) is 5. The molecule has 0 spiro atoms. The lowest BCUT2D eigenvalue weighted by Gasteiger charge is -2.13. The van der Waals surface area contributed by atoms with Crippen molar-refractivity contribution < 1.29 is 9.59 Å². The molecule has 1 heterocycles. The largest absolute Gasteiger partial charge is 0.358 e. The first-order valence-electron chi connectivity index (χ1n) is 4.11. The number of carbonyl (C=O) groups excluding carboxylic acids is 2. The number of halogens is 1. The SMILES string of the molecule is CNC(=O)CN(C)c1nc(Cl)c(C=O)s1. The van der Waals surface area contributed by atoms with Crippen molar-refractivity contribution in [1.29, 1.82) is 0 Å². The highest BCUT2D eigenvalue weighted by Gasteiger charge is 2.13. The lowest BCUT2D eigenvalue weighted by Crippen LogP contribution is -2.32. The van der Waals surface area contributed by atoms with Crippen molar-refractivity contribution in [2.45, 2.75) is 0 Å². The van der Waals surface area contributed by atoms with Gasteiger partial charge in [-0.25, -0.2) is 4.98 Å². The minimum atomic E-state index is -0.128. The Labute approximate surface area is 96.1 Å². The van der Waals surface area contributed by atoms with Gasteiger partial charge in [0.05, 0.1) is 6.54 Å².